The number of fused-ring (bicyclic) bond motifs is 1. The fourth-order valence-electron chi connectivity index (χ4n) is 4.84. The maximum atomic E-state index is 12.3. The van der Waals surface area contributed by atoms with Crippen LogP contribution in [0.5, 0.6) is 0 Å². The lowest BCUT2D eigenvalue weighted by molar-refractivity contribution is -0.123. The normalized spacial score (nSPS) is 20.7. The van der Waals surface area contributed by atoms with Gasteiger partial charge in [0.05, 0.1) is 5.52 Å². The molecule has 0 bridgehead atoms. The van der Waals surface area contributed by atoms with Crippen molar-refractivity contribution in [1.82, 2.24) is 14.9 Å². The second-order valence-electron chi connectivity index (χ2n) is 8.93. The Morgan fingerprint density at radius 1 is 1.22 bits per heavy atom. The lowest BCUT2D eigenvalue weighted by atomic mass is 9.74. The van der Waals surface area contributed by atoms with Crippen LogP contribution in [0.15, 0.2) is 53.6 Å². The molecule has 2 aromatic heterocycles. The van der Waals surface area contributed by atoms with Gasteiger partial charge in [-0.3, -0.25) is 14.6 Å². The molecule has 3 atom stereocenters. The van der Waals surface area contributed by atoms with Crippen molar-refractivity contribution >= 4 is 34.8 Å². The molecule has 2 heterocycles. The van der Waals surface area contributed by atoms with E-state index in [1.807, 2.05) is 24.3 Å². The highest BCUT2D eigenvalue weighted by molar-refractivity contribution is 5.87. The summed E-state index contributed by atoms with van der Waals surface area (Å²) < 4.78 is 0. The highest BCUT2D eigenvalue weighted by Gasteiger charge is 2.33. The topological polar surface area (TPSA) is 78.1 Å². The zero-order valence-corrected chi connectivity index (χ0v) is 19.6. The van der Waals surface area contributed by atoms with Gasteiger partial charge in [0, 0.05) is 53.6 Å². The zero-order valence-electron chi connectivity index (χ0n) is 18.8. The highest BCUT2D eigenvalue weighted by atomic mass is 35.5. The Balaban J connectivity index is 0.00000289. The number of hydrogen-bond donors (Lipinski definition) is 2. The van der Waals surface area contributed by atoms with E-state index in [9.17, 15) is 9.59 Å². The van der Waals surface area contributed by atoms with Crippen LogP contribution in [0.1, 0.15) is 26.2 Å². The number of H-pyrrole nitrogens is 1. The molecule has 1 fully saturated rings. The summed E-state index contributed by atoms with van der Waals surface area (Å²) in [5, 5.41) is 4.65. The maximum absolute atomic E-state index is 12.3. The van der Waals surface area contributed by atoms with Gasteiger partial charge in [-0.1, -0.05) is 12.1 Å². The van der Waals surface area contributed by atoms with Crippen molar-refractivity contribution in [2.24, 2.45) is 11.8 Å². The molecule has 32 heavy (non-hydrogen) atoms. The van der Waals surface area contributed by atoms with Gasteiger partial charge in [0.15, 0.2) is 0 Å². The first kappa shape index (κ1) is 24.0. The minimum Gasteiger partial charge on any atom is -0.382 e. The Labute approximate surface area is 194 Å². The second-order valence-corrected chi connectivity index (χ2v) is 8.93. The predicted molar refractivity (Wildman–Crippen MR) is 133 cm³/mol. The standard InChI is InChI=1S/C25H30N4O2.ClH/c1-16(30)21-12-20(8-6-19(21)15-29(2)3)28-24-13-25(31)27-14-22(24)17-7-9-23-18(11-17)5-4-10-26-23;/h4-5,7,9-11,13-14,19-21H,6,8,12,15H2,1-3H3,(H2,27,28,31);1H/t19-,20+,21?;/m0./s1. The van der Waals surface area contributed by atoms with E-state index in [1.165, 1.54) is 0 Å². The Bertz CT molecular complexity index is 1140. The molecular weight excluding hydrogens is 424 g/mol. The lowest BCUT2D eigenvalue weighted by Crippen LogP contribution is -2.40. The van der Waals surface area contributed by atoms with Gasteiger partial charge in [-0.2, -0.15) is 0 Å². The van der Waals surface area contributed by atoms with Gasteiger partial charge in [0.1, 0.15) is 5.78 Å². The summed E-state index contributed by atoms with van der Waals surface area (Å²) in [5.41, 5.74) is 3.57. The number of aromatic nitrogens is 2. The number of hydrogen-bond acceptors (Lipinski definition) is 5. The molecule has 0 spiro atoms. The van der Waals surface area contributed by atoms with Gasteiger partial charge in [-0.25, -0.2) is 0 Å². The van der Waals surface area contributed by atoms with Crippen LogP contribution in [0.25, 0.3) is 22.0 Å². The SMILES string of the molecule is CC(=O)C1C[C@H](Nc2cc(=O)[nH]cc2-c2ccc3ncccc3c2)CC[C@H]1CN(C)C.Cl. The number of ketones is 1. The van der Waals surface area contributed by atoms with Gasteiger partial charge in [0.25, 0.3) is 0 Å². The van der Waals surface area contributed by atoms with Crippen molar-refractivity contribution in [1.29, 1.82) is 0 Å². The Kier molecular flexibility index (Phi) is 7.69. The molecule has 0 aliphatic heterocycles. The molecule has 0 amide bonds. The lowest BCUT2D eigenvalue weighted by Gasteiger charge is -2.37. The van der Waals surface area contributed by atoms with Crippen LogP contribution in [0, 0.1) is 11.8 Å². The predicted octanol–water partition coefficient (Wildman–Crippen LogP) is 4.36. The van der Waals surface area contributed by atoms with Crippen molar-refractivity contribution in [3.63, 3.8) is 0 Å². The summed E-state index contributed by atoms with van der Waals surface area (Å²) in [6, 6.07) is 11.9. The van der Waals surface area contributed by atoms with E-state index in [1.54, 1.807) is 25.4 Å². The second kappa shape index (κ2) is 10.3. The number of Topliss-reactive ketones (excluding diaryl/α,β-unsaturated/α-hetero) is 1. The van der Waals surface area contributed by atoms with E-state index in [0.717, 1.165) is 53.5 Å². The van der Waals surface area contributed by atoms with Crippen molar-refractivity contribution in [3.8, 4) is 11.1 Å². The molecule has 2 N–H and O–H groups in total. The number of carbonyl (C=O) groups excluding carboxylic acids is 1. The largest absolute Gasteiger partial charge is 0.382 e. The van der Waals surface area contributed by atoms with E-state index < -0.39 is 0 Å². The first-order valence-corrected chi connectivity index (χ1v) is 10.9. The van der Waals surface area contributed by atoms with Gasteiger partial charge in [-0.15, -0.1) is 12.4 Å². The number of benzene rings is 1. The van der Waals surface area contributed by atoms with Crippen LogP contribution in [-0.4, -0.2) is 47.3 Å². The average molecular weight is 455 g/mol. The van der Waals surface area contributed by atoms with Crippen LogP contribution in [0.4, 0.5) is 5.69 Å². The zero-order chi connectivity index (χ0) is 22.0. The number of halogens is 1. The molecule has 3 aromatic rings. The first-order valence-electron chi connectivity index (χ1n) is 10.9. The molecule has 1 aliphatic rings. The third kappa shape index (κ3) is 5.37. The van der Waals surface area contributed by atoms with Gasteiger partial charge < -0.3 is 15.2 Å². The van der Waals surface area contributed by atoms with Crippen LogP contribution >= 0.6 is 12.4 Å². The summed E-state index contributed by atoms with van der Waals surface area (Å²) in [6.07, 6.45) is 6.33. The number of pyridine rings is 2. The van der Waals surface area contributed by atoms with E-state index in [2.05, 4.69) is 40.3 Å². The van der Waals surface area contributed by atoms with Gasteiger partial charge in [-0.05, 0) is 70.0 Å². The molecule has 1 unspecified atom stereocenters. The number of carbonyl (C=O) groups is 1. The van der Waals surface area contributed by atoms with Crippen LogP contribution in [-0.2, 0) is 4.79 Å². The molecule has 1 aromatic carbocycles. The maximum Gasteiger partial charge on any atom is 0.250 e. The molecule has 1 saturated carbocycles. The Hall–Kier alpha value is -2.70. The molecular formula is C25H31ClN4O2. The van der Waals surface area contributed by atoms with E-state index in [-0.39, 0.29) is 35.7 Å². The third-order valence-corrected chi connectivity index (χ3v) is 6.31. The number of rotatable bonds is 6. The first-order chi connectivity index (χ1) is 14.9. The van der Waals surface area contributed by atoms with Crippen molar-refractivity contribution < 1.29 is 4.79 Å². The van der Waals surface area contributed by atoms with Crippen molar-refractivity contribution in [2.75, 3.05) is 26.0 Å². The molecule has 0 saturated heterocycles. The monoisotopic (exact) mass is 454 g/mol. The Morgan fingerprint density at radius 2 is 2.03 bits per heavy atom. The van der Waals surface area contributed by atoms with E-state index in [0.29, 0.717) is 5.92 Å². The number of anilines is 1. The smallest absolute Gasteiger partial charge is 0.250 e. The average Bonchev–Trinajstić information content (AvgIpc) is 2.74. The summed E-state index contributed by atoms with van der Waals surface area (Å²) in [4.78, 5) is 33.8. The number of nitrogens with zero attached hydrogens (tertiary/aromatic N) is 2. The summed E-state index contributed by atoms with van der Waals surface area (Å²) in [7, 11) is 4.12. The molecule has 6 nitrogen and oxygen atoms in total. The number of nitrogens with one attached hydrogen (secondary N) is 2. The Morgan fingerprint density at radius 3 is 2.78 bits per heavy atom. The highest BCUT2D eigenvalue weighted by Crippen LogP contribution is 2.35. The molecule has 170 valence electrons. The van der Waals surface area contributed by atoms with E-state index in [4.69, 9.17) is 0 Å². The minimum absolute atomic E-state index is 0. The summed E-state index contributed by atoms with van der Waals surface area (Å²) in [5.74, 6) is 0.689. The quantitative estimate of drug-likeness (QED) is 0.578. The molecule has 0 radical (unpaired) electrons. The molecule has 7 heteroatoms. The van der Waals surface area contributed by atoms with Crippen molar-refractivity contribution in [3.05, 3.63) is 59.1 Å². The van der Waals surface area contributed by atoms with Crippen LogP contribution < -0.4 is 10.9 Å². The fraction of sp³-hybridized carbons (Fsp3) is 0.400. The fourth-order valence-corrected chi connectivity index (χ4v) is 4.84. The number of aromatic amines is 1. The van der Waals surface area contributed by atoms with Crippen LogP contribution in [0.2, 0.25) is 0 Å². The van der Waals surface area contributed by atoms with E-state index >= 15 is 0 Å². The molecule has 4 rings (SSSR count). The minimum atomic E-state index is -0.141. The third-order valence-electron chi connectivity index (χ3n) is 6.31. The van der Waals surface area contributed by atoms with Gasteiger partial charge >= 0.3 is 0 Å². The van der Waals surface area contributed by atoms with Crippen molar-refractivity contribution in [2.45, 2.75) is 32.2 Å². The summed E-state index contributed by atoms with van der Waals surface area (Å²) in [6.45, 7) is 2.63. The van der Waals surface area contributed by atoms with Gasteiger partial charge in [0.2, 0.25) is 5.56 Å². The molecule has 1 aliphatic carbocycles. The van der Waals surface area contributed by atoms with Crippen LogP contribution in [0.3, 0.4) is 0 Å². The summed E-state index contributed by atoms with van der Waals surface area (Å²) >= 11 is 0.